The standard InChI is InChI=1S/C15H31N3O3S/c1-12-5-7-18(8-6-12)22(19,20)16-9-13(2)17-10-14(3)21-15(4)11-17/h12-16H,5-11H2,1-4H3/t13-,14+,15+/m0/s1. The monoisotopic (exact) mass is 333 g/mol. The SMILES string of the molecule is CC1CCN(S(=O)(=O)NC[C@H](C)N2C[C@@H](C)O[C@H](C)C2)CC1. The van der Waals surface area contributed by atoms with Crippen LogP contribution in [0.3, 0.4) is 0 Å². The lowest BCUT2D eigenvalue weighted by molar-refractivity contribution is -0.0776. The lowest BCUT2D eigenvalue weighted by Crippen LogP contribution is -2.53. The zero-order chi connectivity index (χ0) is 16.3. The summed E-state index contributed by atoms with van der Waals surface area (Å²) in [6.45, 7) is 11.8. The van der Waals surface area contributed by atoms with Crippen LogP contribution >= 0.6 is 0 Å². The highest BCUT2D eigenvalue weighted by atomic mass is 32.2. The van der Waals surface area contributed by atoms with Crippen molar-refractivity contribution < 1.29 is 13.2 Å². The Bertz CT molecular complexity index is 439. The van der Waals surface area contributed by atoms with Crippen LogP contribution < -0.4 is 4.72 Å². The number of piperidine rings is 1. The molecule has 0 spiro atoms. The summed E-state index contributed by atoms with van der Waals surface area (Å²) in [4.78, 5) is 2.31. The average molecular weight is 333 g/mol. The maximum absolute atomic E-state index is 12.4. The van der Waals surface area contributed by atoms with Crippen LogP contribution in [0.1, 0.15) is 40.5 Å². The summed E-state index contributed by atoms with van der Waals surface area (Å²) in [5.41, 5.74) is 0. The molecular formula is C15H31N3O3S. The molecule has 3 atom stereocenters. The van der Waals surface area contributed by atoms with E-state index < -0.39 is 10.2 Å². The number of nitrogens with zero attached hydrogens (tertiary/aromatic N) is 2. The Morgan fingerprint density at radius 1 is 1.14 bits per heavy atom. The van der Waals surface area contributed by atoms with Gasteiger partial charge in [0.2, 0.25) is 0 Å². The van der Waals surface area contributed by atoms with Crippen LogP contribution in [0.5, 0.6) is 0 Å². The quantitative estimate of drug-likeness (QED) is 0.817. The Hall–Kier alpha value is -0.210. The Kier molecular flexibility index (Phi) is 6.24. The molecular weight excluding hydrogens is 302 g/mol. The molecule has 1 N–H and O–H groups in total. The second-order valence-electron chi connectivity index (χ2n) is 7.00. The fraction of sp³-hybridized carbons (Fsp3) is 1.00. The summed E-state index contributed by atoms with van der Waals surface area (Å²) in [6.07, 6.45) is 2.31. The predicted octanol–water partition coefficient (Wildman–Crippen LogP) is 1.05. The third-order valence-electron chi connectivity index (χ3n) is 4.71. The van der Waals surface area contributed by atoms with E-state index in [1.807, 2.05) is 0 Å². The molecule has 2 rings (SSSR count). The summed E-state index contributed by atoms with van der Waals surface area (Å²) < 4.78 is 34.9. The van der Waals surface area contributed by atoms with Gasteiger partial charge in [0.1, 0.15) is 0 Å². The summed E-state index contributed by atoms with van der Waals surface area (Å²) in [5, 5.41) is 0. The van der Waals surface area contributed by atoms with Crippen molar-refractivity contribution in [2.75, 3.05) is 32.7 Å². The molecule has 0 bridgehead atoms. The Balaban J connectivity index is 1.83. The highest BCUT2D eigenvalue weighted by Crippen LogP contribution is 2.18. The zero-order valence-corrected chi connectivity index (χ0v) is 15.1. The van der Waals surface area contributed by atoms with Crippen molar-refractivity contribution in [3.63, 3.8) is 0 Å². The van der Waals surface area contributed by atoms with E-state index in [0.29, 0.717) is 25.6 Å². The maximum Gasteiger partial charge on any atom is 0.279 e. The molecule has 2 aliphatic rings. The molecule has 0 saturated carbocycles. The zero-order valence-electron chi connectivity index (χ0n) is 14.3. The Labute approximate surface area is 135 Å². The molecule has 0 aromatic heterocycles. The fourth-order valence-electron chi connectivity index (χ4n) is 3.25. The molecule has 2 heterocycles. The predicted molar refractivity (Wildman–Crippen MR) is 87.9 cm³/mol. The number of morpholine rings is 1. The van der Waals surface area contributed by atoms with Gasteiger partial charge < -0.3 is 4.74 Å². The minimum Gasteiger partial charge on any atom is -0.373 e. The molecule has 2 fully saturated rings. The Morgan fingerprint density at radius 3 is 2.23 bits per heavy atom. The number of rotatable bonds is 5. The fourth-order valence-corrected chi connectivity index (χ4v) is 4.58. The summed E-state index contributed by atoms with van der Waals surface area (Å²) in [6, 6.07) is 0.173. The minimum atomic E-state index is -3.34. The van der Waals surface area contributed by atoms with Crippen LogP contribution in [0.4, 0.5) is 0 Å². The molecule has 0 aromatic rings. The number of nitrogens with one attached hydrogen (secondary N) is 1. The second-order valence-corrected chi connectivity index (χ2v) is 8.75. The van der Waals surface area contributed by atoms with E-state index in [9.17, 15) is 8.42 Å². The first kappa shape index (κ1) is 18.1. The van der Waals surface area contributed by atoms with Gasteiger partial charge in [-0.15, -0.1) is 0 Å². The topological polar surface area (TPSA) is 61.9 Å². The molecule has 2 saturated heterocycles. The van der Waals surface area contributed by atoms with E-state index in [2.05, 4.69) is 37.3 Å². The van der Waals surface area contributed by atoms with Crippen molar-refractivity contribution in [3.8, 4) is 0 Å². The summed E-state index contributed by atoms with van der Waals surface area (Å²) >= 11 is 0. The van der Waals surface area contributed by atoms with Crippen molar-refractivity contribution in [3.05, 3.63) is 0 Å². The van der Waals surface area contributed by atoms with Crippen LogP contribution in [0.15, 0.2) is 0 Å². The van der Waals surface area contributed by atoms with Crippen molar-refractivity contribution in [2.45, 2.75) is 58.8 Å². The molecule has 130 valence electrons. The van der Waals surface area contributed by atoms with Gasteiger partial charge in [-0.1, -0.05) is 6.92 Å². The van der Waals surface area contributed by atoms with Crippen molar-refractivity contribution in [2.24, 2.45) is 5.92 Å². The van der Waals surface area contributed by atoms with Gasteiger partial charge in [-0.25, -0.2) is 4.72 Å². The molecule has 2 aliphatic heterocycles. The molecule has 6 nitrogen and oxygen atoms in total. The highest BCUT2D eigenvalue weighted by Gasteiger charge is 2.29. The molecule has 0 amide bonds. The van der Waals surface area contributed by atoms with Gasteiger partial charge in [0, 0.05) is 38.8 Å². The van der Waals surface area contributed by atoms with Gasteiger partial charge in [-0.05, 0) is 39.5 Å². The molecule has 7 heteroatoms. The van der Waals surface area contributed by atoms with Crippen molar-refractivity contribution in [1.29, 1.82) is 0 Å². The largest absolute Gasteiger partial charge is 0.373 e. The molecule has 0 unspecified atom stereocenters. The molecule has 22 heavy (non-hydrogen) atoms. The van der Waals surface area contributed by atoms with Gasteiger partial charge in [0.25, 0.3) is 10.2 Å². The van der Waals surface area contributed by atoms with Crippen molar-refractivity contribution in [1.82, 2.24) is 13.9 Å². The molecule has 0 radical (unpaired) electrons. The molecule has 0 aromatic carbocycles. The van der Waals surface area contributed by atoms with Crippen LogP contribution in [0, 0.1) is 5.92 Å². The lowest BCUT2D eigenvalue weighted by atomic mass is 10.0. The third-order valence-corrected chi connectivity index (χ3v) is 6.29. The first-order valence-corrected chi connectivity index (χ1v) is 9.86. The van der Waals surface area contributed by atoms with Crippen LogP contribution in [0.2, 0.25) is 0 Å². The van der Waals surface area contributed by atoms with Crippen LogP contribution in [-0.4, -0.2) is 68.6 Å². The van der Waals surface area contributed by atoms with Gasteiger partial charge in [0.15, 0.2) is 0 Å². The minimum absolute atomic E-state index is 0.173. The normalized spacial score (nSPS) is 31.3. The second kappa shape index (κ2) is 7.57. The maximum atomic E-state index is 12.4. The van der Waals surface area contributed by atoms with Gasteiger partial charge in [0.05, 0.1) is 12.2 Å². The number of ether oxygens (including phenoxy) is 1. The lowest BCUT2D eigenvalue weighted by Gasteiger charge is -2.39. The van der Waals surface area contributed by atoms with E-state index in [-0.39, 0.29) is 18.2 Å². The van der Waals surface area contributed by atoms with Crippen LogP contribution in [-0.2, 0) is 14.9 Å². The van der Waals surface area contributed by atoms with E-state index >= 15 is 0 Å². The number of hydrogen-bond acceptors (Lipinski definition) is 4. The van der Waals surface area contributed by atoms with Gasteiger partial charge in [-0.3, -0.25) is 4.90 Å². The smallest absolute Gasteiger partial charge is 0.279 e. The summed E-state index contributed by atoms with van der Waals surface area (Å²) in [5.74, 6) is 0.627. The number of hydrogen-bond donors (Lipinski definition) is 1. The first-order valence-electron chi connectivity index (χ1n) is 8.42. The average Bonchev–Trinajstić information content (AvgIpc) is 2.44. The third kappa shape index (κ3) is 4.89. The Morgan fingerprint density at radius 2 is 1.68 bits per heavy atom. The summed E-state index contributed by atoms with van der Waals surface area (Å²) in [7, 11) is -3.34. The first-order chi connectivity index (χ1) is 10.3. The van der Waals surface area contributed by atoms with Crippen LogP contribution in [0.25, 0.3) is 0 Å². The van der Waals surface area contributed by atoms with E-state index in [1.165, 1.54) is 0 Å². The van der Waals surface area contributed by atoms with E-state index in [0.717, 1.165) is 25.9 Å². The highest BCUT2D eigenvalue weighted by molar-refractivity contribution is 7.87. The van der Waals surface area contributed by atoms with E-state index in [4.69, 9.17) is 4.74 Å². The van der Waals surface area contributed by atoms with Gasteiger partial charge in [-0.2, -0.15) is 12.7 Å². The molecule has 0 aliphatic carbocycles. The van der Waals surface area contributed by atoms with E-state index in [1.54, 1.807) is 4.31 Å². The van der Waals surface area contributed by atoms with Gasteiger partial charge >= 0.3 is 0 Å². The van der Waals surface area contributed by atoms with Crippen molar-refractivity contribution >= 4 is 10.2 Å².